The minimum Gasteiger partial charge on any atom is -0.497 e. The van der Waals surface area contributed by atoms with Crippen LogP contribution in [0.1, 0.15) is 39.2 Å². The number of likely N-dealkylation sites (tertiary alicyclic amines) is 1. The lowest BCUT2D eigenvalue weighted by atomic mass is 10.1. The fourth-order valence-corrected chi connectivity index (χ4v) is 5.40. The Morgan fingerprint density at radius 3 is 2.48 bits per heavy atom. The number of methoxy groups -OCH3 is 1. The van der Waals surface area contributed by atoms with Crippen molar-refractivity contribution < 1.29 is 19.0 Å². The molecule has 1 amide bonds. The van der Waals surface area contributed by atoms with Gasteiger partial charge in [-0.3, -0.25) is 0 Å². The quantitative estimate of drug-likeness (QED) is 0.179. The monoisotopic (exact) mass is 621 g/mol. The molecule has 2 aromatic heterocycles. The van der Waals surface area contributed by atoms with Gasteiger partial charge in [0, 0.05) is 31.1 Å². The molecule has 0 radical (unpaired) electrons. The summed E-state index contributed by atoms with van der Waals surface area (Å²) >= 11 is 0. The summed E-state index contributed by atoms with van der Waals surface area (Å²) in [6, 6.07) is 23.4. The van der Waals surface area contributed by atoms with E-state index >= 15 is 0 Å². The second-order valence-electron chi connectivity index (χ2n) is 12.2. The van der Waals surface area contributed by atoms with Crippen molar-refractivity contribution in [2.75, 3.05) is 30.8 Å². The van der Waals surface area contributed by atoms with E-state index in [1.54, 1.807) is 12.0 Å². The summed E-state index contributed by atoms with van der Waals surface area (Å²) in [7, 11) is 1.65. The maximum absolute atomic E-state index is 12.9. The van der Waals surface area contributed by atoms with Gasteiger partial charge in [-0.15, -0.1) is 0 Å². The predicted molar refractivity (Wildman–Crippen MR) is 178 cm³/mol. The van der Waals surface area contributed by atoms with Crippen LogP contribution in [0.3, 0.4) is 0 Å². The van der Waals surface area contributed by atoms with E-state index in [1.807, 2.05) is 104 Å². The van der Waals surface area contributed by atoms with Crippen molar-refractivity contribution in [1.29, 1.82) is 0 Å². The van der Waals surface area contributed by atoms with E-state index in [0.717, 1.165) is 40.8 Å². The summed E-state index contributed by atoms with van der Waals surface area (Å²) in [6.45, 7) is 7.30. The third kappa shape index (κ3) is 7.31. The molecule has 1 aliphatic heterocycles. The van der Waals surface area contributed by atoms with Crippen molar-refractivity contribution in [3.63, 3.8) is 0 Å². The molecular weight excluding hydrogens is 582 g/mol. The van der Waals surface area contributed by atoms with Crippen LogP contribution in [0.5, 0.6) is 17.2 Å². The molecule has 11 nitrogen and oxygen atoms in total. The van der Waals surface area contributed by atoms with Crippen LogP contribution >= 0.6 is 0 Å². The Morgan fingerprint density at radius 2 is 1.72 bits per heavy atom. The first kappa shape index (κ1) is 30.7. The zero-order chi connectivity index (χ0) is 32.1. The van der Waals surface area contributed by atoms with Crippen molar-refractivity contribution in [2.45, 2.75) is 51.8 Å². The first-order valence-electron chi connectivity index (χ1n) is 15.4. The molecule has 3 aromatic carbocycles. The predicted octanol–water partition coefficient (Wildman–Crippen LogP) is 7.04. The number of benzene rings is 3. The standard InChI is InChI=1S/C35H39N7O4/c1-35(2,3)46-34(43)41-18-8-9-26(22-41)40-33-31(32(37-23-38-33)36-20-24-12-14-27(44-4)15-13-24)42-30-17-16-29(19-25(30)21-39-42)45-28-10-6-5-7-11-28/h5-7,10-17,19,21,23,26H,8-9,18,20,22H2,1-4H3,(H2,36,37,38,40)/t26-/m1/s1. The van der Waals surface area contributed by atoms with E-state index in [9.17, 15) is 4.79 Å². The van der Waals surface area contributed by atoms with Gasteiger partial charge >= 0.3 is 6.09 Å². The zero-order valence-electron chi connectivity index (χ0n) is 26.6. The number of rotatable bonds is 9. The number of hydrogen-bond donors (Lipinski definition) is 2. The minimum absolute atomic E-state index is 0.0444. The SMILES string of the molecule is COc1ccc(CNc2ncnc(N[C@@H]3CCCN(C(=O)OC(C)(C)C)C3)c2-n2ncc3cc(Oc4ccccc4)ccc32)cc1. The second kappa shape index (κ2) is 13.4. The number of nitrogens with zero attached hydrogens (tertiary/aromatic N) is 5. The van der Waals surface area contributed by atoms with Gasteiger partial charge in [0.15, 0.2) is 11.6 Å². The van der Waals surface area contributed by atoms with Crippen molar-refractivity contribution in [2.24, 2.45) is 0 Å². The number of ether oxygens (including phenoxy) is 3. The largest absolute Gasteiger partial charge is 0.497 e. The average molecular weight is 622 g/mol. The third-order valence-electron chi connectivity index (χ3n) is 7.59. The van der Waals surface area contributed by atoms with E-state index < -0.39 is 5.60 Å². The molecule has 11 heteroatoms. The number of amides is 1. The molecule has 1 aliphatic rings. The first-order chi connectivity index (χ1) is 22.3. The second-order valence-corrected chi connectivity index (χ2v) is 12.2. The maximum Gasteiger partial charge on any atom is 0.410 e. The lowest BCUT2D eigenvalue weighted by molar-refractivity contribution is 0.0206. The topological polar surface area (TPSA) is 116 Å². The van der Waals surface area contributed by atoms with Gasteiger partial charge < -0.3 is 29.7 Å². The van der Waals surface area contributed by atoms with Crippen molar-refractivity contribution in [3.05, 3.63) is 90.9 Å². The number of aromatic nitrogens is 4. The highest BCUT2D eigenvalue weighted by molar-refractivity contribution is 5.84. The molecule has 0 spiro atoms. The van der Waals surface area contributed by atoms with Gasteiger partial charge in [0.1, 0.15) is 34.9 Å². The molecule has 5 aromatic rings. The van der Waals surface area contributed by atoms with Crippen LogP contribution < -0.4 is 20.1 Å². The lowest BCUT2D eigenvalue weighted by Crippen LogP contribution is -2.47. The van der Waals surface area contributed by atoms with Crippen LogP contribution in [-0.4, -0.2) is 62.6 Å². The molecule has 1 saturated heterocycles. The van der Waals surface area contributed by atoms with Crippen LogP contribution in [0.2, 0.25) is 0 Å². The van der Waals surface area contributed by atoms with Crippen LogP contribution in [-0.2, 0) is 11.3 Å². The van der Waals surface area contributed by atoms with Crippen molar-refractivity contribution >= 4 is 28.6 Å². The minimum atomic E-state index is -0.561. The Balaban J connectivity index is 1.31. The molecule has 0 unspecified atom stereocenters. The number of piperidine rings is 1. The van der Waals surface area contributed by atoms with Crippen LogP contribution in [0.15, 0.2) is 85.3 Å². The number of hydrogen-bond acceptors (Lipinski definition) is 9. The van der Waals surface area contributed by atoms with Gasteiger partial charge in [-0.25, -0.2) is 19.4 Å². The number of para-hydroxylation sites is 1. The number of carbonyl (C=O) groups is 1. The molecule has 238 valence electrons. The summed E-state index contributed by atoms with van der Waals surface area (Å²) in [5.41, 5.74) is 2.05. The van der Waals surface area contributed by atoms with Crippen molar-refractivity contribution in [1.82, 2.24) is 24.6 Å². The molecule has 1 atom stereocenters. The molecule has 0 bridgehead atoms. The van der Waals surface area contributed by atoms with E-state index in [0.29, 0.717) is 42.7 Å². The van der Waals surface area contributed by atoms with Crippen molar-refractivity contribution in [3.8, 4) is 22.9 Å². The summed E-state index contributed by atoms with van der Waals surface area (Å²) in [4.78, 5) is 24.0. The summed E-state index contributed by atoms with van der Waals surface area (Å²) in [5.74, 6) is 3.49. The van der Waals surface area contributed by atoms with Gasteiger partial charge in [0.25, 0.3) is 0 Å². The normalized spacial score (nSPS) is 15.0. The highest BCUT2D eigenvalue weighted by Crippen LogP contribution is 2.32. The lowest BCUT2D eigenvalue weighted by Gasteiger charge is -2.34. The van der Waals surface area contributed by atoms with Crippen LogP contribution in [0, 0.1) is 0 Å². The Bertz CT molecular complexity index is 1790. The van der Waals surface area contributed by atoms with Gasteiger partial charge in [-0.05, 0) is 81.6 Å². The molecular formula is C35H39N7O4. The van der Waals surface area contributed by atoms with Gasteiger partial charge in [-0.2, -0.15) is 5.10 Å². The van der Waals surface area contributed by atoms with Crippen LogP contribution in [0.25, 0.3) is 16.6 Å². The fourth-order valence-electron chi connectivity index (χ4n) is 5.40. The number of anilines is 2. The Kier molecular flexibility index (Phi) is 8.91. The summed E-state index contributed by atoms with van der Waals surface area (Å²) in [5, 5.41) is 12.8. The third-order valence-corrected chi connectivity index (χ3v) is 7.59. The fraction of sp³-hybridized carbons (Fsp3) is 0.314. The zero-order valence-corrected chi connectivity index (χ0v) is 26.6. The highest BCUT2D eigenvalue weighted by Gasteiger charge is 2.29. The molecule has 0 aliphatic carbocycles. The average Bonchev–Trinajstić information content (AvgIpc) is 3.46. The number of nitrogens with one attached hydrogen (secondary N) is 2. The highest BCUT2D eigenvalue weighted by atomic mass is 16.6. The van der Waals surface area contributed by atoms with E-state index in [-0.39, 0.29) is 12.1 Å². The summed E-state index contributed by atoms with van der Waals surface area (Å²) < 4.78 is 18.9. The smallest absolute Gasteiger partial charge is 0.410 e. The summed E-state index contributed by atoms with van der Waals surface area (Å²) in [6.07, 6.45) is 4.75. The first-order valence-corrected chi connectivity index (χ1v) is 15.4. The van der Waals surface area contributed by atoms with Gasteiger partial charge in [0.05, 0.1) is 18.8 Å². The molecule has 1 fully saturated rings. The molecule has 0 saturated carbocycles. The Labute approximate surface area is 268 Å². The van der Waals surface area contributed by atoms with Crippen LogP contribution in [0.4, 0.5) is 16.4 Å². The number of carbonyl (C=O) groups excluding carboxylic acids is 1. The molecule has 2 N–H and O–H groups in total. The number of fused-ring (bicyclic) bond motifs is 1. The van der Waals surface area contributed by atoms with E-state index in [2.05, 4.69) is 20.6 Å². The molecule has 46 heavy (non-hydrogen) atoms. The molecule has 3 heterocycles. The van der Waals surface area contributed by atoms with Gasteiger partial charge in [0.2, 0.25) is 0 Å². The maximum atomic E-state index is 12.9. The van der Waals surface area contributed by atoms with Gasteiger partial charge in [-0.1, -0.05) is 30.3 Å². The Hall–Kier alpha value is -5.32. The molecule has 6 rings (SSSR count). The van der Waals surface area contributed by atoms with E-state index in [4.69, 9.17) is 19.3 Å². The van der Waals surface area contributed by atoms with E-state index in [1.165, 1.54) is 6.33 Å². The Morgan fingerprint density at radius 1 is 0.957 bits per heavy atom.